The lowest BCUT2D eigenvalue weighted by molar-refractivity contribution is -0.136. The van der Waals surface area contributed by atoms with E-state index in [1.54, 1.807) is 18.1 Å². The number of nitrogens with one attached hydrogen (secondary N) is 1. The molecule has 9 nitrogen and oxygen atoms in total. The molecule has 4 aliphatic rings. The molecule has 2 saturated heterocycles. The predicted octanol–water partition coefficient (Wildman–Crippen LogP) is 2.91. The van der Waals surface area contributed by atoms with Gasteiger partial charge < -0.3 is 19.1 Å². The molecule has 1 unspecified atom stereocenters. The van der Waals surface area contributed by atoms with Crippen molar-refractivity contribution in [1.29, 1.82) is 0 Å². The second kappa shape index (κ2) is 10.3. The molecule has 0 aromatic heterocycles. The van der Waals surface area contributed by atoms with Crippen LogP contribution in [0.2, 0.25) is 0 Å². The maximum Gasteiger partial charge on any atom is 0.255 e. The van der Waals surface area contributed by atoms with Gasteiger partial charge in [0.1, 0.15) is 24.0 Å². The number of rotatable bonds is 7. The molecular formula is C29H33N3O6. The number of nitrogens with zero attached hydrogens (tertiary/aromatic N) is 2. The van der Waals surface area contributed by atoms with Crippen LogP contribution in [0, 0.1) is 0 Å². The Hall–Kier alpha value is -3.59. The average Bonchev–Trinajstić information content (AvgIpc) is 3.22. The third-order valence-corrected chi connectivity index (χ3v) is 8.16. The molecule has 0 spiro atoms. The summed E-state index contributed by atoms with van der Waals surface area (Å²) in [4.78, 5) is 40.9. The molecular weight excluding hydrogens is 486 g/mol. The van der Waals surface area contributed by atoms with Gasteiger partial charge in [0.2, 0.25) is 11.8 Å². The molecule has 1 aliphatic carbocycles. The number of amides is 3. The van der Waals surface area contributed by atoms with Crippen molar-refractivity contribution in [2.45, 2.75) is 69.4 Å². The van der Waals surface area contributed by atoms with Crippen LogP contribution in [0.5, 0.6) is 17.2 Å². The monoisotopic (exact) mass is 519 g/mol. The van der Waals surface area contributed by atoms with Gasteiger partial charge in [-0.1, -0.05) is 18.6 Å². The van der Waals surface area contributed by atoms with Gasteiger partial charge in [-0.15, -0.1) is 0 Å². The Labute approximate surface area is 222 Å². The van der Waals surface area contributed by atoms with E-state index in [1.165, 1.54) is 6.42 Å². The summed E-state index contributed by atoms with van der Waals surface area (Å²) >= 11 is 0. The molecule has 38 heavy (non-hydrogen) atoms. The van der Waals surface area contributed by atoms with Gasteiger partial charge in [-0.2, -0.15) is 0 Å². The molecule has 1 saturated carbocycles. The highest BCUT2D eigenvalue weighted by atomic mass is 16.5. The standard InChI is InChI=1S/C29H33N3O6/c1-36-25-8-4-5-9-26(25)38-20-16-31(17-20)22-6-2-3-7-24(22)37-19-10-11-21-18(14-19)15-32(29(21)35)23-12-13-27(33)30-28(23)34/h4-5,8-11,14,20,22-24H,2-3,6-7,12-13,15-17H2,1H3,(H,30,33,34)/t22-,23?,24+/m0/s1. The summed E-state index contributed by atoms with van der Waals surface area (Å²) in [6.45, 7) is 2.05. The quantitative estimate of drug-likeness (QED) is 0.562. The Morgan fingerprint density at radius 3 is 2.50 bits per heavy atom. The van der Waals surface area contributed by atoms with Crippen LogP contribution >= 0.6 is 0 Å². The zero-order valence-electron chi connectivity index (χ0n) is 21.6. The number of benzene rings is 2. The van der Waals surface area contributed by atoms with E-state index in [0.717, 1.165) is 55.2 Å². The van der Waals surface area contributed by atoms with Gasteiger partial charge in [-0.3, -0.25) is 24.6 Å². The first-order valence-electron chi connectivity index (χ1n) is 13.5. The van der Waals surface area contributed by atoms with Crippen LogP contribution in [0.1, 0.15) is 54.4 Å². The minimum absolute atomic E-state index is 0.0670. The largest absolute Gasteiger partial charge is 0.493 e. The predicted molar refractivity (Wildman–Crippen MR) is 138 cm³/mol. The maximum atomic E-state index is 13.0. The van der Waals surface area contributed by atoms with E-state index < -0.39 is 11.9 Å². The minimum atomic E-state index is -0.614. The fourth-order valence-corrected chi connectivity index (χ4v) is 6.14. The van der Waals surface area contributed by atoms with Crippen LogP contribution in [0.3, 0.4) is 0 Å². The number of piperidine rings is 1. The van der Waals surface area contributed by atoms with Crippen LogP contribution in [0.4, 0.5) is 0 Å². The molecule has 6 rings (SSSR count). The van der Waals surface area contributed by atoms with E-state index in [2.05, 4.69) is 10.2 Å². The van der Waals surface area contributed by atoms with Crippen LogP contribution < -0.4 is 19.5 Å². The van der Waals surface area contributed by atoms with Gasteiger partial charge in [0, 0.05) is 37.7 Å². The second-order valence-corrected chi connectivity index (χ2v) is 10.6. The van der Waals surface area contributed by atoms with E-state index >= 15 is 0 Å². The lowest BCUT2D eigenvalue weighted by Gasteiger charge is -2.47. The topological polar surface area (TPSA) is 97.4 Å². The number of likely N-dealkylation sites (tertiary alicyclic amines) is 1. The second-order valence-electron chi connectivity index (χ2n) is 10.6. The van der Waals surface area contributed by atoms with Crippen molar-refractivity contribution in [3.8, 4) is 17.2 Å². The summed E-state index contributed by atoms with van der Waals surface area (Å²) in [5, 5.41) is 2.35. The van der Waals surface area contributed by atoms with Crippen LogP contribution in [0.15, 0.2) is 42.5 Å². The van der Waals surface area contributed by atoms with E-state index in [-0.39, 0.29) is 30.4 Å². The Kier molecular flexibility index (Phi) is 6.69. The van der Waals surface area contributed by atoms with Crippen molar-refractivity contribution in [3.05, 3.63) is 53.6 Å². The average molecular weight is 520 g/mol. The van der Waals surface area contributed by atoms with Gasteiger partial charge in [-0.05, 0) is 61.6 Å². The maximum absolute atomic E-state index is 13.0. The van der Waals surface area contributed by atoms with Gasteiger partial charge >= 0.3 is 0 Å². The number of imide groups is 1. The number of hydrogen-bond acceptors (Lipinski definition) is 7. The van der Waals surface area contributed by atoms with Crippen LogP contribution in [-0.2, 0) is 16.1 Å². The molecule has 9 heteroatoms. The summed E-state index contributed by atoms with van der Waals surface area (Å²) in [7, 11) is 1.65. The highest BCUT2D eigenvalue weighted by Crippen LogP contribution is 2.35. The molecule has 3 aliphatic heterocycles. The normalized spacial score (nSPS) is 26.0. The Balaban J connectivity index is 1.09. The SMILES string of the molecule is COc1ccccc1OC1CN([C@H]2CCCC[C@H]2Oc2ccc3c(c2)CN(C2CCC(=O)NC2=O)C3=O)C1. The van der Waals surface area contributed by atoms with Gasteiger partial charge in [-0.25, -0.2) is 0 Å². The number of fused-ring (bicyclic) bond motifs is 1. The van der Waals surface area contributed by atoms with Crippen molar-refractivity contribution < 1.29 is 28.6 Å². The smallest absolute Gasteiger partial charge is 0.255 e. The molecule has 3 atom stereocenters. The van der Waals surface area contributed by atoms with E-state index in [0.29, 0.717) is 24.6 Å². The first-order chi connectivity index (χ1) is 18.5. The Bertz CT molecular complexity index is 1240. The summed E-state index contributed by atoms with van der Waals surface area (Å²) in [5.74, 6) is 1.42. The summed E-state index contributed by atoms with van der Waals surface area (Å²) in [6.07, 6.45) is 5.16. The lowest BCUT2D eigenvalue weighted by atomic mass is 9.89. The third kappa shape index (κ3) is 4.71. The molecule has 1 N–H and O–H groups in total. The Morgan fingerprint density at radius 2 is 1.71 bits per heavy atom. The van der Waals surface area contributed by atoms with Crippen molar-refractivity contribution in [3.63, 3.8) is 0 Å². The van der Waals surface area contributed by atoms with Gasteiger partial charge in [0.05, 0.1) is 7.11 Å². The summed E-state index contributed by atoms with van der Waals surface area (Å²) in [5.41, 5.74) is 1.46. The van der Waals surface area contributed by atoms with Crippen molar-refractivity contribution in [1.82, 2.24) is 15.1 Å². The van der Waals surface area contributed by atoms with Gasteiger partial charge in [0.25, 0.3) is 5.91 Å². The number of ether oxygens (including phenoxy) is 3. The Morgan fingerprint density at radius 1 is 0.921 bits per heavy atom. The van der Waals surface area contributed by atoms with E-state index in [4.69, 9.17) is 14.2 Å². The molecule has 0 bridgehead atoms. The first-order valence-corrected chi connectivity index (χ1v) is 13.5. The number of carbonyl (C=O) groups excluding carboxylic acids is 3. The van der Waals surface area contributed by atoms with E-state index in [1.807, 2.05) is 36.4 Å². The number of hydrogen-bond donors (Lipinski definition) is 1. The van der Waals surface area contributed by atoms with Crippen LogP contribution in [0.25, 0.3) is 0 Å². The zero-order valence-corrected chi connectivity index (χ0v) is 21.6. The minimum Gasteiger partial charge on any atom is -0.493 e. The van der Waals surface area contributed by atoms with Gasteiger partial charge in [0.15, 0.2) is 11.5 Å². The number of para-hydroxylation sites is 2. The van der Waals surface area contributed by atoms with Crippen LogP contribution in [-0.4, -0.2) is 72.0 Å². The fraction of sp³-hybridized carbons (Fsp3) is 0.483. The zero-order chi connectivity index (χ0) is 26.2. The van der Waals surface area contributed by atoms with Crippen molar-refractivity contribution in [2.24, 2.45) is 0 Å². The van der Waals surface area contributed by atoms with E-state index in [9.17, 15) is 14.4 Å². The molecule has 0 radical (unpaired) electrons. The molecule has 3 amide bonds. The third-order valence-electron chi connectivity index (χ3n) is 8.16. The highest BCUT2D eigenvalue weighted by molar-refractivity contribution is 6.05. The molecule has 2 aromatic rings. The molecule has 3 fully saturated rings. The summed E-state index contributed by atoms with van der Waals surface area (Å²) in [6, 6.07) is 13.0. The van der Waals surface area contributed by atoms with Crippen molar-refractivity contribution in [2.75, 3.05) is 20.2 Å². The molecule has 200 valence electrons. The molecule has 3 heterocycles. The fourth-order valence-electron chi connectivity index (χ4n) is 6.14. The van der Waals surface area contributed by atoms with Crippen molar-refractivity contribution >= 4 is 17.7 Å². The number of carbonyl (C=O) groups is 3. The first kappa shape index (κ1) is 24.7. The number of methoxy groups -OCH3 is 1. The lowest BCUT2D eigenvalue weighted by Crippen LogP contribution is -2.62. The molecule has 2 aromatic carbocycles. The summed E-state index contributed by atoms with van der Waals surface area (Å²) < 4.78 is 18.1. The highest BCUT2D eigenvalue weighted by Gasteiger charge is 2.41.